The summed E-state index contributed by atoms with van der Waals surface area (Å²) in [6.45, 7) is 6.08. The van der Waals surface area contributed by atoms with E-state index in [-0.39, 0.29) is 11.8 Å². The third-order valence-corrected chi connectivity index (χ3v) is 6.73. The first-order valence-corrected chi connectivity index (χ1v) is 11.7. The lowest BCUT2D eigenvalue weighted by Crippen LogP contribution is -2.45. The van der Waals surface area contributed by atoms with Crippen LogP contribution in [0.4, 0.5) is 5.82 Å². The maximum absolute atomic E-state index is 12.7. The van der Waals surface area contributed by atoms with Crippen LogP contribution in [0.2, 0.25) is 0 Å². The van der Waals surface area contributed by atoms with Gasteiger partial charge in [0.05, 0.1) is 0 Å². The van der Waals surface area contributed by atoms with Crippen LogP contribution in [-0.2, 0) is 11.2 Å². The first kappa shape index (κ1) is 21.6. The van der Waals surface area contributed by atoms with E-state index in [4.69, 9.17) is 4.74 Å². The van der Waals surface area contributed by atoms with Gasteiger partial charge in [0.1, 0.15) is 17.9 Å². The molecule has 1 aliphatic carbocycles. The molecule has 1 aromatic carbocycles. The predicted octanol–water partition coefficient (Wildman–Crippen LogP) is 4.74. The van der Waals surface area contributed by atoms with Gasteiger partial charge in [0, 0.05) is 31.1 Å². The fourth-order valence-corrected chi connectivity index (χ4v) is 4.57. The van der Waals surface area contributed by atoms with Gasteiger partial charge in [0.15, 0.2) is 0 Å². The molecule has 0 bridgehead atoms. The summed E-state index contributed by atoms with van der Waals surface area (Å²) in [5, 5.41) is 3.31. The molecular weight excluding hydrogens is 388 g/mol. The number of carbonyl (C=O) groups is 1. The van der Waals surface area contributed by atoms with Crippen LogP contribution in [-0.4, -0.2) is 35.0 Å². The Balaban J connectivity index is 1.29. The number of anilines is 1. The molecular formula is C25H34N4O2. The Morgan fingerprint density at radius 3 is 2.45 bits per heavy atom. The number of carbonyl (C=O) groups excluding carboxylic acids is 1. The zero-order valence-electron chi connectivity index (χ0n) is 18.7. The van der Waals surface area contributed by atoms with E-state index in [1.165, 1.54) is 18.4 Å². The van der Waals surface area contributed by atoms with Gasteiger partial charge in [0.2, 0.25) is 11.8 Å². The summed E-state index contributed by atoms with van der Waals surface area (Å²) >= 11 is 0. The van der Waals surface area contributed by atoms with Gasteiger partial charge in [-0.05, 0) is 68.6 Å². The van der Waals surface area contributed by atoms with E-state index in [9.17, 15) is 4.79 Å². The van der Waals surface area contributed by atoms with Crippen LogP contribution >= 0.6 is 0 Å². The van der Waals surface area contributed by atoms with Crippen LogP contribution in [0.1, 0.15) is 57.9 Å². The molecule has 0 radical (unpaired) electrons. The number of hydrogen-bond donors (Lipinski definition) is 1. The zero-order chi connectivity index (χ0) is 21.6. The molecule has 1 N–H and O–H groups in total. The lowest BCUT2D eigenvalue weighted by molar-refractivity contribution is -0.126. The molecule has 0 spiro atoms. The molecule has 1 aromatic heterocycles. The number of piperidine rings is 1. The predicted molar refractivity (Wildman–Crippen MR) is 122 cm³/mol. The lowest BCUT2D eigenvalue weighted by atomic mass is 9.86. The monoisotopic (exact) mass is 422 g/mol. The van der Waals surface area contributed by atoms with Gasteiger partial charge in [0.25, 0.3) is 0 Å². The SMILES string of the molecule is CCc1ccc(Oc2cc(N3CCC(C(=O)NC4CCC(C)CC4)CC3)ncn2)cc1. The maximum Gasteiger partial charge on any atom is 0.224 e. The first-order valence-electron chi connectivity index (χ1n) is 11.7. The molecule has 6 heteroatoms. The van der Waals surface area contributed by atoms with Crippen molar-refractivity contribution >= 4 is 11.7 Å². The van der Waals surface area contributed by atoms with E-state index in [2.05, 4.69) is 46.2 Å². The van der Waals surface area contributed by atoms with Gasteiger partial charge in [-0.2, -0.15) is 0 Å². The quantitative estimate of drug-likeness (QED) is 0.728. The maximum atomic E-state index is 12.7. The molecule has 2 aromatic rings. The summed E-state index contributed by atoms with van der Waals surface area (Å²) < 4.78 is 5.92. The fraction of sp³-hybridized carbons (Fsp3) is 0.560. The Morgan fingerprint density at radius 1 is 1.06 bits per heavy atom. The minimum absolute atomic E-state index is 0.102. The van der Waals surface area contributed by atoms with Crippen molar-refractivity contribution in [2.75, 3.05) is 18.0 Å². The molecule has 1 saturated heterocycles. The summed E-state index contributed by atoms with van der Waals surface area (Å²) in [5.74, 6) is 3.31. The molecule has 2 fully saturated rings. The van der Waals surface area contributed by atoms with Crippen molar-refractivity contribution in [3.05, 3.63) is 42.2 Å². The first-order chi connectivity index (χ1) is 15.1. The van der Waals surface area contributed by atoms with Crippen LogP contribution < -0.4 is 15.0 Å². The Hall–Kier alpha value is -2.63. The normalized spacial score (nSPS) is 22.2. The second kappa shape index (κ2) is 10.1. The van der Waals surface area contributed by atoms with Crippen molar-refractivity contribution < 1.29 is 9.53 Å². The summed E-state index contributed by atoms with van der Waals surface area (Å²) in [6.07, 6.45) is 8.96. The van der Waals surface area contributed by atoms with E-state index in [1.54, 1.807) is 6.33 Å². The fourth-order valence-electron chi connectivity index (χ4n) is 4.57. The topological polar surface area (TPSA) is 67.3 Å². The Morgan fingerprint density at radius 2 is 1.77 bits per heavy atom. The second-order valence-electron chi connectivity index (χ2n) is 9.04. The highest BCUT2D eigenvalue weighted by molar-refractivity contribution is 5.79. The number of ether oxygens (including phenoxy) is 1. The summed E-state index contributed by atoms with van der Waals surface area (Å²) in [7, 11) is 0. The Bertz CT molecular complexity index is 854. The van der Waals surface area contributed by atoms with Gasteiger partial charge < -0.3 is 15.0 Å². The van der Waals surface area contributed by atoms with Crippen molar-refractivity contribution in [1.29, 1.82) is 0 Å². The van der Waals surface area contributed by atoms with Gasteiger partial charge in [-0.15, -0.1) is 0 Å². The highest BCUT2D eigenvalue weighted by atomic mass is 16.5. The van der Waals surface area contributed by atoms with E-state index >= 15 is 0 Å². The molecule has 4 rings (SSSR count). The standard InChI is InChI=1S/C25H34N4O2/c1-3-19-6-10-22(11-7-19)31-24-16-23(26-17-27-24)29-14-12-20(13-15-29)25(30)28-21-8-4-18(2)5-9-21/h6-7,10-11,16-18,20-21H,3-5,8-9,12-15H2,1-2H3,(H,28,30). The largest absolute Gasteiger partial charge is 0.439 e. The van der Waals surface area contributed by atoms with Gasteiger partial charge in [-0.3, -0.25) is 4.79 Å². The number of aromatic nitrogens is 2. The van der Waals surface area contributed by atoms with E-state index < -0.39 is 0 Å². The van der Waals surface area contributed by atoms with Gasteiger partial charge in [-0.1, -0.05) is 26.0 Å². The molecule has 2 heterocycles. The third-order valence-electron chi connectivity index (χ3n) is 6.73. The van der Waals surface area contributed by atoms with E-state index in [0.29, 0.717) is 11.9 Å². The van der Waals surface area contributed by atoms with Crippen LogP contribution in [0.15, 0.2) is 36.7 Å². The van der Waals surface area contributed by atoms with Crippen molar-refractivity contribution in [3.8, 4) is 11.6 Å². The summed E-state index contributed by atoms with van der Waals surface area (Å²) in [4.78, 5) is 23.6. The number of aryl methyl sites for hydroxylation is 1. The number of benzene rings is 1. The summed E-state index contributed by atoms with van der Waals surface area (Å²) in [5.41, 5.74) is 1.28. The molecule has 6 nitrogen and oxygen atoms in total. The smallest absolute Gasteiger partial charge is 0.224 e. The minimum Gasteiger partial charge on any atom is -0.439 e. The van der Waals surface area contributed by atoms with Gasteiger partial charge in [-0.25, -0.2) is 9.97 Å². The van der Waals surface area contributed by atoms with Crippen molar-refractivity contribution in [1.82, 2.24) is 15.3 Å². The Kier molecular flexibility index (Phi) is 7.05. The molecule has 2 aliphatic rings. The molecule has 31 heavy (non-hydrogen) atoms. The van der Waals surface area contributed by atoms with Crippen LogP contribution in [0, 0.1) is 11.8 Å². The van der Waals surface area contributed by atoms with Gasteiger partial charge >= 0.3 is 0 Å². The molecule has 1 aliphatic heterocycles. The highest BCUT2D eigenvalue weighted by Gasteiger charge is 2.28. The van der Waals surface area contributed by atoms with Crippen molar-refractivity contribution in [2.24, 2.45) is 11.8 Å². The molecule has 0 unspecified atom stereocenters. The average Bonchev–Trinajstić information content (AvgIpc) is 2.81. The number of hydrogen-bond acceptors (Lipinski definition) is 5. The minimum atomic E-state index is 0.102. The number of rotatable bonds is 6. The molecule has 0 atom stereocenters. The highest BCUT2D eigenvalue weighted by Crippen LogP contribution is 2.27. The van der Waals surface area contributed by atoms with Crippen LogP contribution in [0.3, 0.4) is 0 Å². The molecule has 166 valence electrons. The molecule has 1 saturated carbocycles. The number of nitrogens with zero attached hydrogens (tertiary/aromatic N) is 3. The van der Waals surface area contributed by atoms with Crippen LogP contribution in [0.25, 0.3) is 0 Å². The zero-order valence-corrected chi connectivity index (χ0v) is 18.7. The second-order valence-corrected chi connectivity index (χ2v) is 9.04. The summed E-state index contributed by atoms with van der Waals surface area (Å²) in [6, 6.07) is 10.3. The van der Waals surface area contributed by atoms with Crippen LogP contribution in [0.5, 0.6) is 11.6 Å². The number of nitrogens with one attached hydrogen (secondary N) is 1. The van der Waals surface area contributed by atoms with E-state index in [0.717, 1.165) is 62.7 Å². The number of amides is 1. The van der Waals surface area contributed by atoms with Crippen molar-refractivity contribution in [2.45, 2.75) is 64.8 Å². The van der Waals surface area contributed by atoms with Crippen molar-refractivity contribution in [3.63, 3.8) is 0 Å². The lowest BCUT2D eigenvalue weighted by Gasteiger charge is -2.34. The third kappa shape index (κ3) is 5.75. The Labute approximate surface area is 185 Å². The van der Waals surface area contributed by atoms with E-state index in [1.807, 2.05) is 18.2 Å². The average molecular weight is 423 g/mol. The molecule has 1 amide bonds.